The van der Waals surface area contributed by atoms with E-state index in [4.69, 9.17) is 9.15 Å². The van der Waals surface area contributed by atoms with Crippen LogP contribution in [-0.4, -0.2) is 36.1 Å². The van der Waals surface area contributed by atoms with Gasteiger partial charge in [0.1, 0.15) is 28.8 Å². The number of ether oxygens (including phenoxy) is 1. The van der Waals surface area contributed by atoms with Crippen molar-refractivity contribution in [2.75, 3.05) is 25.6 Å². The zero-order valence-electron chi connectivity index (χ0n) is 17.4. The minimum atomic E-state index is -0.383. The van der Waals surface area contributed by atoms with Crippen LogP contribution in [0.15, 0.2) is 59.5 Å². The van der Waals surface area contributed by atoms with Crippen molar-refractivity contribution in [3.05, 3.63) is 76.8 Å². The Bertz CT molecular complexity index is 1140. The maximum Gasteiger partial charge on any atom is 0.262 e. The number of carbonyl (C=O) groups excluding carboxylic acids is 1. The van der Waals surface area contributed by atoms with E-state index < -0.39 is 0 Å². The molecule has 0 fully saturated rings. The lowest BCUT2D eigenvalue weighted by Crippen LogP contribution is -2.28. The van der Waals surface area contributed by atoms with E-state index >= 15 is 0 Å². The SMILES string of the molecule is COCCCNc1ncnc2sc(C(=O)NC(c3ccccc3)c3ccco3)c(C)c12. The first-order valence-electron chi connectivity index (χ1n) is 10.0. The highest BCUT2D eigenvalue weighted by Gasteiger charge is 2.24. The molecule has 1 atom stereocenters. The van der Waals surface area contributed by atoms with Crippen LogP contribution in [0.1, 0.15) is 39.0 Å². The molecule has 1 unspecified atom stereocenters. The third-order valence-electron chi connectivity index (χ3n) is 4.99. The predicted molar refractivity (Wildman–Crippen MR) is 122 cm³/mol. The number of fused-ring (bicyclic) bond motifs is 1. The zero-order valence-corrected chi connectivity index (χ0v) is 18.2. The van der Waals surface area contributed by atoms with Gasteiger partial charge in [-0.05, 0) is 36.6 Å². The quantitative estimate of drug-likeness (QED) is 0.374. The summed E-state index contributed by atoms with van der Waals surface area (Å²) in [4.78, 5) is 23.5. The van der Waals surface area contributed by atoms with E-state index in [1.807, 2.05) is 49.4 Å². The van der Waals surface area contributed by atoms with Crippen LogP contribution < -0.4 is 10.6 Å². The third-order valence-corrected chi connectivity index (χ3v) is 6.19. The van der Waals surface area contributed by atoms with Gasteiger partial charge in [0.15, 0.2) is 0 Å². The summed E-state index contributed by atoms with van der Waals surface area (Å²) in [6.45, 7) is 3.33. The van der Waals surface area contributed by atoms with Gasteiger partial charge in [0.05, 0.1) is 16.5 Å². The molecule has 0 aliphatic carbocycles. The number of thiophene rings is 1. The van der Waals surface area contributed by atoms with Crippen LogP contribution in [0.3, 0.4) is 0 Å². The van der Waals surface area contributed by atoms with Crippen molar-refractivity contribution in [2.24, 2.45) is 0 Å². The van der Waals surface area contributed by atoms with Crippen molar-refractivity contribution in [3.8, 4) is 0 Å². The summed E-state index contributed by atoms with van der Waals surface area (Å²) in [6.07, 6.45) is 3.99. The van der Waals surface area contributed by atoms with E-state index in [0.717, 1.165) is 40.1 Å². The van der Waals surface area contributed by atoms with Gasteiger partial charge >= 0.3 is 0 Å². The topological polar surface area (TPSA) is 89.3 Å². The van der Waals surface area contributed by atoms with Gasteiger partial charge in [-0.3, -0.25) is 4.79 Å². The Kier molecular flexibility index (Phi) is 6.59. The molecule has 4 rings (SSSR count). The summed E-state index contributed by atoms with van der Waals surface area (Å²) in [6, 6.07) is 13.1. The summed E-state index contributed by atoms with van der Waals surface area (Å²) < 4.78 is 10.7. The molecule has 0 radical (unpaired) electrons. The number of furan rings is 1. The smallest absolute Gasteiger partial charge is 0.262 e. The van der Waals surface area contributed by atoms with Crippen molar-refractivity contribution < 1.29 is 13.9 Å². The molecule has 1 aromatic carbocycles. The Balaban J connectivity index is 1.62. The van der Waals surface area contributed by atoms with Crippen LogP contribution in [0.5, 0.6) is 0 Å². The first kappa shape index (κ1) is 21.0. The number of carbonyl (C=O) groups is 1. The highest BCUT2D eigenvalue weighted by Crippen LogP contribution is 2.34. The second-order valence-corrected chi connectivity index (χ2v) is 8.06. The summed E-state index contributed by atoms with van der Waals surface area (Å²) >= 11 is 1.37. The lowest BCUT2D eigenvalue weighted by Gasteiger charge is -2.17. The second kappa shape index (κ2) is 9.72. The van der Waals surface area contributed by atoms with E-state index in [1.165, 1.54) is 17.7 Å². The van der Waals surface area contributed by atoms with Crippen LogP contribution in [0.2, 0.25) is 0 Å². The van der Waals surface area contributed by atoms with Crippen LogP contribution in [0.4, 0.5) is 5.82 Å². The monoisotopic (exact) mass is 436 g/mol. The Morgan fingerprint density at radius 2 is 2.03 bits per heavy atom. The number of nitrogens with zero attached hydrogens (tertiary/aromatic N) is 2. The third kappa shape index (κ3) is 4.60. The summed E-state index contributed by atoms with van der Waals surface area (Å²) in [5, 5.41) is 7.34. The number of hydrogen-bond donors (Lipinski definition) is 2. The highest BCUT2D eigenvalue weighted by atomic mass is 32.1. The summed E-state index contributed by atoms with van der Waals surface area (Å²) in [5.41, 5.74) is 1.81. The maximum atomic E-state index is 13.3. The first-order chi connectivity index (χ1) is 15.2. The maximum absolute atomic E-state index is 13.3. The fourth-order valence-electron chi connectivity index (χ4n) is 3.46. The number of amides is 1. The summed E-state index contributed by atoms with van der Waals surface area (Å²) in [7, 11) is 1.68. The molecule has 0 aliphatic heterocycles. The number of hydrogen-bond acceptors (Lipinski definition) is 7. The van der Waals surface area contributed by atoms with Gasteiger partial charge in [0.2, 0.25) is 0 Å². The van der Waals surface area contributed by atoms with Crippen LogP contribution in [0.25, 0.3) is 10.2 Å². The molecule has 8 heteroatoms. The fourth-order valence-corrected chi connectivity index (χ4v) is 4.51. The molecule has 3 heterocycles. The Hall–Kier alpha value is -3.23. The van der Waals surface area contributed by atoms with Crippen molar-refractivity contribution in [2.45, 2.75) is 19.4 Å². The van der Waals surface area contributed by atoms with Gasteiger partial charge < -0.3 is 19.8 Å². The van der Waals surface area contributed by atoms with E-state index in [9.17, 15) is 4.79 Å². The molecule has 2 N–H and O–H groups in total. The van der Waals surface area contributed by atoms with E-state index in [2.05, 4.69) is 20.6 Å². The van der Waals surface area contributed by atoms with E-state index in [-0.39, 0.29) is 11.9 Å². The molecule has 0 aliphatic rings. The number of nitrogens with one attached hydrogen (secondary N) is 2. The number of aromatic nitrogens is 2. The molecule has 4 aromatic rings. The molecule has 0 bridgehead atoms. The number of rotatable bonds is 9. The van der Waals surface area contributed by atoms with Gasteiger partial charge in [-0.25, -0.2) is 9.97 Å². The minimum absolute atomic E-state index is 0.170. The van der Waals surface area contributed by atoms with Gasteiger partial charge in [-0.15, -0.1) is 11.3 Å². The summed E-state index contributed by atoms with van der Waals surface area (Å²) in [5.74, 6) is 1.24. The standard InChI is InChI=1S/C23H24N4O3S/c1-15-18-21(24-11-7-12-29-2)25-14-26-23(18)31-20(15)22(28)27-19(17-10-6-13-30-17)16-8-4-3-5-9-16/h3-6,8-10,13-14,19H,7,11-12H2,1-2H3,(H,27,28)(H,24,25,26). The van der Waals surface area contributed by atoms with Crippen molar-refractivity contribution in [1.82, 2.24) is 15.3 Å². The number of methoxy groups -OCH3 is 1. The second-order valence-electron chi connectivity index (χ2n) is 7.06. The molecular weight excluding hydrogens is 412 g/mol. The Morgan fingerprint density at radius 3 is 2.77 bits per heavy atom. The molecule has 160 valence electrons. The van der Waals surface area contributed by atoms with Crippen LogP contribution in [0, 0.1) is 6.92 Å². The van der Waals surface area contributed by atoms with Gasteiger partial charge in [-0.2, -0.15) is 0 Å². The largest absolute Gasteiger partial charge is 0.467 e. The first-order valence-corrected chi connectivity index (χ1v) is 10.9. The number of aryl methyl sites for hydroxylation is 1. The minimum Gasteiger partial charge on any atom is -0.467 e. The molecule has 7 nitrogen and oxygen atoms in total. The van der Waals surface area contributed by atoms with Crippen molar-refractivity contribution in [1.29, 1.82) is 0 Å². The highest BCUT2D eigenvalue weighted by molar-refractivity contribution is 7.20. The van der Waals surface area contributed by atoms with Gasteiger partial charge in [-0.1, -0.05) is 30.3 Å². The Morgan fingerprint density at radius 1 is 1.19 bits per heavy atom. The van der Waals surface area contributed by atoms with Crippen molar-refractivity contribution >= 4 is 33.3 Å². The molecule has 3 aromatic heterocycles. The fraction of sp³-hybridized carbons (Fsp3) is 0.261. The van der Waals surface area contributed by atoms with Crippen molar-refractivity contribution in [3.63, 3.8) is 0 Å². The molecule has 1 amide bonds. The average molecular weight is 437 g/mol. The van der Waals surface area contributed by atoms with Crippen LogP contribution >= 0.6 is 11.3 Å². The molecule has 0 saturated carbocycles. The van der Waals surface area contributed by atoms with E-state index in [0.29, 0.717) is 17.2 Å². The normalized spacial score (nSPS) is 12.1. The van der Waals surface area contributed by atoms with E-state index in [1.54, 1.807) is 13.4 Å². The Labute approximate surface area is 184 Å². The molecular formula is C23H24N4O3S. The molecule has 0 spiro atoms. The van der Waals surface area contributed by atoms with Crippen LogP contribution in [-0.2, 0) is 4.74 Å². The molecule has 0 saturated heterocycles. The lowest BCUT2D eigenvalue weighted by atomic mass is 10.0. The van der Waals surface area contributed by atoms with Gasteiger partial charge in [0.25, 0.3) is 5.91 Å². The number of benzene rings is 1. The van der Waals surface area contributed by atoms with Gasteiger partial charge in [0, 0.05) is 20.3 Å². The molecule has 31 heavy (non-hydrogen) atoms. The predicted octanol–water partition coefficient (Wildman–Crippen LogP) is 4.56. The zero-order chi connectivity index (χ0) is 21.6. The average Bonchev–Trinajstić information content (AvgIpc) is 3.44. The number of anilines is 1. The lowest BCUT2D eigenvalue weighted by molar-refractivity contribution is 0.0942.